The van der Waals surface area contributed by atoms with Crippen molar-refractivity contribution in [1.29, 1.82) is 0 Å². The third-order valence-corrected chi connectivity index (χ3v) is 6.98. The molecule has 1 aromatic rings. The summed E-state index contributed by atoms with van der Waals surface area (Å²) in [5.41, 5.74) is 2.67. The van der Waals surface area contributed by atoms with Crippen LogP contribution in [-0.4, -0.2) is 54.1 Å². The topological polar surface area (TPSA) is 94.9 Å². The molecule has 2 saturated carbocycles. The van der Waals surface area contributed by atoms with Crippen molar-refractivity contribution in [2.75, 3.05) is 19.3 Å². The second kappa shape index (κ2) is 7.11. The van der Waals surface area contributed by atoms with Gasteiger partial charge in [-0.2, -0.15) is 8.42 Å². The molecule has 3 fully saturated rings. The minimum atomic E-state index is -3.67. The molecular weight excluding hydrogens is 378 g/mol. The molecule has 2 N–H and O–H groups in total. The SMILES string of the molecule is CS(=O)(=O)O.O=C1CC[C@H]2[C@@H]3Cc4ccc(O)cc4[C@@]2(CCN3CC2CC2)C1. The number of phenolic OH excluding ortho intramolecular Hbond substituents is 1. The van der Waals surface area contributed by atoms with Gasteiger partial charge in [-0.25, -0.2) is 0 Å². The summed E-state index contributed by atoms with van der Waals surface area (Å²) in [6.07, 6.45) is 8.21. The van der Waals surface area contributed by atoms with Crippen LogP contribution in [0.3, 0.4) is 0 Å². The Morgan fingerprint density at radius 1 is 1.25 bits per heavy atom. The summed E-state index contributed by atoms with van der Waals surface area (Å²) in [4.78, 5) is 15.0. The zero-order chi connectivity index (χ0) is 20.1. The number of rotatable bonds is 2. The van der Waals surface area contributed by atoms with Gasteiger partial charge in [-0.15, -0.1) is 0 Å². The summed E-state index contributed by atoms with van der Waals surface area (Å²) in [5, 5.41) is 10.0. The second-order valence-corrected chi connectivity index (χ2v) is 10.5. The van der Waals surface area contributed by atoms with Crippen LogP contribution in [0.25, 0.3) is 0 Å². The van der Waals surface area contributed by atoms with E-state index in [0.717, 1.165) is 38.1 Å². The van der Waals surface area contributed by atoms with Crippen molar-refractivity contribution in [1.82, 2.24) is 4.90 Å². The lowest BCUT2D eigenvalue weighted by Crippen LogP contribution is -2.62. The van der Waals surface area contributed by atoms with Gasteiger partial charge >= 0.3 is 0 Å². The van der Waals surface area contributed by atoms with Gasteiger partial charge in [0.2, 0.25) is 0 Å². The Balaban J connectivity index is 0.000000346. The summed E-state index contributed by atoms with van der Waals surface area (Å²) in [7, 11) is -3.67. The van der Waals surface area contributed by atoms with E-state index in [1.54, 1.807) is 0 Å². The van der Waals surface area contributed by atoms with Gasteiger partial charge in [0.15, 0.2) is 0 Å². The highest BCUT2D eigenvalue weighted by Crippen LogP contribution is 2.55. The molecule has 3 atom stereocenters. The van der Waals surface area contributed by atoms with E-state index in [2.05, 4.69) is 11.0 Å². The van der Waals surface area contributed by atoms with Crippen molar-refractivity contribution in [3.63, 3.8) is 0 Å². The maximum absolute atomic E-state index is 12.3. The first-order chi connectivity index (χ1) is 13.2. The molecule has 1 heterocycles. The van der Waals surface area contributed by atoms with Crippen molar-refractivity contribution in [3.05, 3.63) is 29.3 Å². The molecule has 0 spiro atoms. The molecule has 154 valence electrons. The molecule has 1 aliphatic heterocycles. The number of benzene rings is 1. The van der Waals surface area contributed by atoms with Crippen molar-refractivity contribution in [2.45, 2.75) is 56.4 Å². The molecule has 0 radical (unpaired) electrons. The zero-order valence-corrected chi connectivity index (χ0v) is 17.1. The number of ketones is 1. The third-order valence-electron chi connectivity index (χ3n) is 6.98. The number of carbonyl (C=O) groups excluding carboxylic acids is 1. The first kappa shape index (κ1) is 19.9. The molecule has 3 aliphatic carbocycles. The quantitative estimate of drug-likeness (QED) is 0.732. The summed E-state index contributed by atoms with van der Waals surface area (Å²) < 4.78 is 25.9. The minimum Gasteiger partial charge on any atom is -0.508 e. The van der Waals surface area contributed by atoms with E-state index in [9.17, 15) is 18.3 Å². The Morgan fingerprint density at radius 2 is 1.96 bits per heavy atom. The molecule has 1 saturated heterocycles. The molecule has 1 aromatic carbocycles. The van der Waals surface area contributed by atoms with Crippen LogP contribution in [0.15, 0.2) is 18.2 Å². The van der Waals surface area contributed by atoms with Crippen molar-refractivity contribution in [2.24, 2.45) is 11.8 Å². The van der Waals surface area contributed by atoms with Crippen molar-refractivity contribution < 1.29 is 22.9 Å². The Morgan fingerprint density at radius 3 is 2.64 bits per heavy atom. The Hall–Kier alpha value is -1.44. The Bertz CT molecular complexity index is 871. The summed E-state index contributed by atoms with van der Waals surface area (Å²) in [6, 6.07) is 6.50. The normalized spacial score (nSPS) is 32.0. The summed E-state index contributed by atoms with van der Waals surface area (Å²) >= 11 is 0. The molecule has 0 amide bonds. The highest BCUT2D eigenvalue weighted by molar-refractivity contribution is 7.85. The fourth-order valence-corrected chi connectivity index (χ4v) is 5.75. The molecule has 7 heteroatoms. The number of carbonyl (C=O) groups is 1. The molecule has 28 heavy (non-hydrogen) atoms. The van der Waals surface area contributed by atoms with Crippen LogP contribution in [0.1, 0.15) is 49.7 Å². The smallest absolute Gasteiger partial charge is 0.261 e. The monoisotopic (exact) mass is 407 g/mol. The van der Waals surface area contributed by atoms with Crippen LogP contribution in [0, 0.1) is 11.8 Å². The average molecular weight is 408 g/mol. The number of hydrogen-bond acceptors (Lipinski definition) is 5. The molecule has 4 aliphatic rings. The van der Waals surface area contributed by atoms with Crippen LogP contribution in [0.4, 0.5) is 0 Å². The number of nitrogens with zero attached hydrogens (tertiary/aromatic N) is 1. The standard InChI is InChI=1S/C20H25NO2.CH4O3S/c22-15-4-3-14-9-19-17-6-5-16(23)11-20(17,18(14)10-15)7-8-21(19)12-13-1-2-13;1-5(2,3)4/h3-4,10,13,17,19,22H,1-2,5-9,11-12H2;1H3,(H,2,3,4)/t17-,19-,20-;/m0./s1. The number of phenols is 1. The Kier molecular flexibility index (Phi) is 5.04. The fraction of sp³-hybridized carbons (Fsp3) is 0.667. The maximum Gasteiger partial charge on any atom is 0.261 e. The van der Waals surface area contributed by atoms with Gasteiger partial charge < -0.3 is 5.11 Å². The lowest BCUT2D eigenvalue weighted by molar-refractivity contribution is -0.127. The van der Waals surface area contributed by atoms with Crippen LogP contribution < -0.4 is 0 Å². The average Bonchev–Trinajstić information content (AvgIpc) is 3.40. The van der Waals surface area contributed by atoms with Gasteiger partial charge in [0.25, 0.3) is 10.1 Å². The summed E-state index contributed by atoms with van der Waals surface area (Å²) in [5.74, 6) is 2.30. The second-order valence-electron chi connectivity index (χ2n) is 9.05. The van der Waals surface area contributed by atoms with Crippen LogP contribution in [-0.2, 0) is 26.7 Å². The van der Waals surface area contributed by atoms with E-state index in [1.807, 2.05) is 12.1 Å². The van der Waals surface area contributed by atoms with E-state index < -0.39 is 10.1 Å². The third kappa shape index (κ3) is 3.98. The molecule has 5 rings (SSSR count). The van der Waals surface area contributed by atoms with Crippen molar-refractivity contribution in [3.8, 4) is 5.75 Å². The predicted octanol–water partition coefficient (Wildman–Crippen LogP) is 2.54. The zero-order valence-electron chi connectivity index (χ0n) is 16.3. The predicted molar refractivity (Wildman–Crippen MR) is 106 cm³/mol. The van der Waals surface area contributed by atoms with E-state index in [0.29, 0.717) is 36.2 Å². The lowest BCUT2D eigenvalue weighted by atomic mass is 9.52. The molecule has 0 aromatic heterocycles. The van der Waals surface area contributed by atoms with Gasteiger partial charge in [0.1, 0.15) is 11.5 Å². The van der Waals surface area contributed by atoms with Gasteiger partial charge in [-0.3, -0.25) is 14.2 Å². The van der Waals surface area contributed by atoms with Gasteiger partial charge in [-0.1, -0.05) is 6.07 Å². The maximum atomic E-state index is 12.3. The molecule has 6 nitrogen and oxygen atoms in total. The number of hydrogen-bond donors (Lipinski definition) is 2. The van der Waals surface area contributed by atoms with Crippen molar-refractivity contribution >= 4 is 15.9 Å². The summed E-state index contributed by atoms with van der Waals surface area (Å²) in [6.45, 7) is 2.39. The van der Waals surface area contributed by atoms with Gasteiger partial charge in [0.05, 0.1) is 6.26 Å². The number of piperidine rings is 1. The van der Waals surface area contributed by atoms with E-state index in [1.165, 1.54) is 30.5 Å². The van der Waals surface area contributed by atoms with E-state index >= 15 is 0 Å². The van der Waals surface area contributed by atoms with Gasteiger partial charge in [0, 0.05) is 30.8 Å². The minimum absolute atomic E-state index is 0.00632. The highest BCUT2D eigenvalue weighted by atomic mass is 32.2. The van der Waals surface area contributed by atoms with Crippen LogP contribution in [0.5, 0.6) is 5.75 Å². The molecular formula is C21H29NO5S. The molecule has 2 bridgehead atoms. The number of likely N-dealkylation sites (tertiary alicyclic amines) is 1. The Labute approximate surface area is 166 Å². The van der Waals surface area contributed by atoms with E-state index in [-0.39, 0.29) is 5.41 Å². The van der Waals surface area contributed by atoms with Crippen LogP contribution >= 0.6 is 0 Å². The largest absolute Gasteiger partial charge is 0.508 e. The first-order valence-corrected chi connectivity index (χ1v) is 12.0. The molecule has 0 unspecified atom stereocenters. The number of Topliss-reactive ketones (excluding diaryl/α,β-unsaturated/α-hetero) is 1. The number of aromatic hydroxyl groups is 1. The fourth-order valence-electron chi connectivity index (χ4n) is 5.75. The highest BCUT2D eigenvalue weighted by Gasteiger charge is 2.55. The van der Waals surface area contributed by atoms with E-state index in [4.69, 9.17) is 4.55 Å². The number of fused-ring (bicyclic) bond motifs is 1. The van der Waals surface area contributed by atoms with Gasteiger partial charge in [-0.05, 0) is 73.7 Å². The lowest BCUT2D eigenvalue weighted by Gasteiger charge is -2.58. The van der Waals surface area contributed by atoms with Crippen LogP contribution in [0.2, 0.25) is 0 Å². The first-order valence-electron chi connectivity index (χ1n) is 10.2.